The van der Waals surface area contributed by atoms with E-state index in [0.717, 1.165) is 59.9 Å². The van der Waals surface area contributed by atoms with Crippen LogP contribution in [0.5, 0.6) is 11.6 Å². The van der Waals surface area contributed by atoms with Crippen molar-refractivity contribution in [2.24, 2.45) is 0 Å². The van der Waals surface area contributed by atoms with E-state index in [1.54, 1.807) is 18.2 Å². The summed E-state index contributed by atoms with van der Waals surface area (Å²) in [6, 6.07) is 12.7. The van der Waals surface area contributed by atoms with Crippen molar-refractivity contribution in [3.63, 3.8) is 0 Å². The number of phenolic OH excluding ortho intramolecular Hbond substituents is 1. The van der Waals surface area contributed by atoms with Crippen LogP contribution in [0.1, 0.15) is 55.5 Å². The Morgan fingerprint density at radius 1 is 1.11 bits per heavy atom. The van der Waals surface area contributed by atoms with Crippen LogP contribution in [-0.4, -0.2) is 38.6 Å². The average Bonchev–Trinajstić information content (AvgIpc) is 3.55. The number of rotatable bonds is 8. The lowest BCUT2D eigenvalue weighted by atomic mass is 10.1. The minimum absolute atomic E-state index is 0.0863. The van der Waals surface area contributed by atoms with Crippen LogP contribution in [0.25, 0.3) is 22.2 Å². The summed E-state index contributed by atoms with van der Waals surface area (Å²) in [7, 11) is 0. The molecule has 8 heteroatoms. The molecule has 1 fully saturated rings. The summed E-state index contributed by atoms with van der Waals surface area (Å²) in [5.41, 5.74) is 5.00. The summed E-state index contributed by atoms with van der Waals surface area (Å²) in [5.74, 6) is 1.09. The monoisotopic (exact) mass is 485 g/mol. The number of ether oxygens (including phenoxy) is 1. The molecule has 1 aliphatic carbocycles. The Bertz CT molecular complexity index is 1370. The van der Waals surface area contributed by atoms with Crippen molar-refractivity contribution < 1.29 is 14.6 Å². The van der Waals surface area contributed by atoms with E-state index >= 15 is 0 Å². The molecular formula is C28H31N5O3. The van der Waals surface area contributed by atoms with E-state index in [2.05, 4.69) is 22.5 Å². The standard InChI is InChI=1S/C28H31N5O3/c1-3-17-15-19(26(35)29-4-2)11-14-23(17)31-28-32-25-24(27(33-28)36-21-7-5-6-8-21)22(16-30-25)18-9-12-20(34)13-10-18/h9-16,21,34H,3-8H2,1-2H3,(H,29,35)(H2,30,31,32,33). The van der Waals surface area contributed by atoms with Gasteiger partial charge in [0.25, 0.3) is 5.91 Å². The van der Waals surface area contributed by atoms with E-state index in [0.29, 0.717) is 29.6 Å². The summed E-state index contributed by atoms with van der Waals surface area (Å²) in [4.78, 5) is 25.1. The van der Waals surface area contributed by atoms with E-state index in [9.17, 15) is 9.90 Å². The Hall–Kier alpha value is -4.07. The van der Waals surface area contributed by atoms with Crippen molar-refractivity contribution in [2.75, 3.05) is 11.9 Å². The normalized spacial score (nSPS) is 13.7. The lowest BCUT2D eigenvalue weighted by Crippen LogP contribution is -2.22. The molecule has 1 saturated carbocycles. The molecular weight excluding hydrogens is 454 g/mol. The second-order valence-electron chi connectivity index (χ2n) is 9.06. The fourth-order valence-corrected chi connectivity index (χ4v) is 4.71. The molecule has 0 spiro atoms. The Kier molecular flexibility index (Phi) is 6.75. The third-order valence-electron chi connectivity index (χ3n) is 6.59. The molecule has 0 radical (unpaired) electrons. The molecule has 1 amide bonds. The fraction of sp³-hybridized carbons (Fsp3) is 0.321. The number of hydrogen-bond donors (Lipinski definition) is 4. The van der Waals surface area contributed by atoms with Crippen molar-refractivity contribution in [3.8, 4) is 22.8 Å². The zero-order valence-electron chi connectivity index (χ0n) is 20.6. The Morgan fingerprint density at radius 2 is 1.89 bits per heavy atom. The largest absolute Gasteiger partial charge is 0.508 e. The van der Waals surface area contributed by atoms with Crippen molar-refractivity contribution in [1.82, 2.24) is 20.3 Å². The van der Waals surface area contributed by atoms with Crippen LogP contribution in [0.15, 0.2) is 48.7 Å². The van der Waals surface area contributed by atoms with Gasteiger partial charge in [-0.25, -0.2) is 0 Å². The number of aromatic nitrogens is 3. The average molecular weight is 486 g/mol. The Morgan fingerprint density at radius 3 is 2.61 bits per heavy atom. The number of nitrogens with one attached hydrogen (secondary N) is 3. The number of fused-ring (bicyclic) bond motifs is 1. The third-order valence-corrected chi connectivity index (χ3v) is 6.59. The lowest BCUT2D eigenvalue weighted by Gasteiger charge is -2.16. The summed E-state index contributed by atoms with van der Waals surface area (Å²) >= 11 is 0. The van der Waals surface area contributed by atoms with Crippen molar-refractivity contribution in [3.05, 3.63) is 59.8 Å². The molecule has 4 N–H and O–H groups in total. The van der Waals surface area contributed by atoms with Gasteiger partial charge in [-0.05, 0) is 80.5 Å². The Balaban J connectivity index is 1.53. The minimum atomic E-state index is -0.0863. The maximum absolute atomic E-state index is 12.3. The number of hydrogen-bond acceptors (Lipinski definition) is 6. The zero-order chi connectivity index (χ0) is 25.1. The quantitative estimate of drug-likeness (QED) is 0.254. The van der Waals surface area contributed by atoms with E-state index in [1.165, 1.54) is 0 Å². The third kappa shape index (κ3) is 4.84. The topological polar surface area (TPSA) is 112 Å². The van der Waals surface area contributed by atoms with E-state index in [4.69, 9.17) is 14.7 Å². The number of carbonyl (C=O) groups excluding carboxylic acids is 1. The highest BCUT2D eigenvalue weighted by Gasteiger charge is 2.22. The maximum atomic E-state index is 12.3. The number of carbonyl (C=O) groups is 1. The van der Waals surface area contributed by atoms with Gasteiger partial charge in [-0.15, -0.1) is 0 Å². The number of amides is 1. The van der Waals surface area contributed by atoms with E-state index in [-0.39, 0.29) is 17.8 Å². The van der Waals surface area contributed by atoms with Crippen molar-refractivity contribution in [2.45, 2.75) is 52.1 Å². The first-order valence-electron chi connectivity index (χ1n) is 12.6. The van der Waals surface area contributed by atoms with Crippen LogP contribution in [0.4, 0.5) is 11.6 Å². The number of aromatic amines is 1. The van der Waals surface area contributed by atoms with Gasteiger partial charge in [0.05, 0.1) is 5.39 Å². The summed E-state index contributed by atoms with van der Waals surface area (Å²) < 4.78 is 6.43. The van der Waals surface area contributed by atoms with Crippen LogP contribution in [-0.2, 0) is 6.42 Å². The van der Waals surface area contributed by atoms with Crippen LogP contribution >= 0.6 is 0 Å². The van der Waals surface area contributed by atoms with Gasteiger partial charge in [-0.1, -0.05) is 19.1 Å². The van der Waals surface area contributed by atoms with Gasteiger partial charge in [-0.2, -0.15) is 9.97 Å². The van der Waals surface area contributed by atoms with Gasteiger partial charge in [0, 0.05) is 29.6 Å². The van der Waals surface area contributed by atoms with Gasteiger partial charge >= 0.3 is 0 Å². The number of phenols is 1. The second-order valence-corrected chi connectivity index (χ2v) is 9.06. The van der Waals surface area contributed by atoms with Crippen molar-refractivity contribution >= 4 is 28.6 Å². The van der Waals surface area contributed by atoms with Crippen LogP contribution < -0.4 is 15.4 Å². The molecule has 0 bridgehead atoms. The SMILES string of the molecule is CCNC(=O)c1ccc(Nc2nc(OC3CCCC3)c3c(-c4ccc(O)cc4)c[nH]c3n2)c(CC)c1. The molecule has 5 rings (SSSR count). The molecule has 1 aliphatic rings. The van der Waals surface area contributed by atoms with Gasteiger partial charge in [0.15, 0.2) is 0 Å². The Labute approximate surface area is 210 Å². The van der Waals surface area contributed by atoms with Crippen molar-refractivity contribution in [1.29, 1.82) is 0 Å². The fourth-order valence-electron chi connectivity index (χ4n) is 4.71. The van der Waals surface area contributed by atoms with Crippen LogP contribution in [0.3, 0.4) is 0 Å². The molecule has 186 valence electrons. The molecule has 0 unspecified atom stereocenters. The highest BCUT2D eigenvalue weighted by molar-refractivity contribution is 5.98. The van der Waals surface area contributed by atoms with Gasteiger partial charge in [-0.3, -0.25) is 4.79 Å². The maximum Gasteiger partial charge on any atom is 0.251 e. The molecule has 8 nitrogen and oxygen atoms in total. The minimum Gasteiger partial charge on any atom is -0.508 e. The van der Waals surface area contributed by atoms with E-state index in [1.807, 2.05) is 37.4 Å². The van der Waals surface area contributed by atoms with Gasteiger partial charge < -0.3 is 25.5 Å². The smallest absolute Gasteiger partial charge is 0.251 e. The number of aromatic hydroxyl groups is 1. The molecule has 4 aromatic rings. The molecule has 0 atom stereocenters. The predicted molar refractivity (Wildman–Crippen MR) is 141 cm³/mol. The highest BCUT2D eigenvalue weighted by atomic mass is 16.5. The second kappa shape index (κ2) is 10.3. The molecule has 36 heavy (non-hydrogen) atoms. The molecule has 2 aromatic heterocycles. The van der Waals surface area contributed by atoms with Crippen LogP contribution in [0, 0.1) is 0 Å². The number of benzene rings is 2. The van der Waals surface area contributed by atoms with Gasteiger partial charge in [0.1, 0.15) is 17.5 Å². The number of nitrogens with zero attached hydrogens (tertiary/aromatic N) is 2. The predicted octanol–water partition coefficient (Wildman–Crippen LogP) is 5.71. The van der Waals surface area contributed by atoms with Crippen LogP contribution in [0.2, 0.25) is 0 Å². The molecule has 0 saturated heterocycles. The van der Waals surface area contributed by atoms with E-state index < -0.39 is 0 Å². The first-order chi connectivity index (χ1) is 17.6. The summed E-state index contributed by atoms with van der Waals surface area (Å²) in [5, 5.41) is 16.7. The zero-order valence-corrected chi connectivity index (χ0v) is 20.6. The molecule has 2 aromatic carbocycles. The summed E-state index contributed by atoms with van der Waals surface area (Å²) in [6.45, 7) is 4.54. The molecule has 2 heterocycles. The first-order valence-corrected chi connectivity index (χ1v) is 12.6. The summed E-state index contributed by atoms with van der Waals surface area (Å²) in [6.07, 6.45) is 7.09. The molecule has 0 aliphatic heterocycles. The number of H-pyrrole nitrogens is 1. The first kappa shape index (κ1) is 23.7. The number of aryl methyl sites for hydroxylation is 1. The van der Waals surface area contributed by atoms with Gasteiger partial charge in [0.2, 0.25) is 11.8 Å². The lowest BCUT2D eigenvalue weighted by molar-refractivity contribution is 0.0955. The highest BCUT2D eigenvalue weighted by Crippen LogP contribution is 2.37. The number of anilines is 2.